The lowest BCUT2D eigenvalue weighted by Gasteiger charge is -2.30. The van der Waals surface area contributed by atoms with Crippen molar-refractivity contribution in [3.8, 4) is 0 Å². The van der Waals surface area contributed by atoms with E-state index < -0.39 is 6.10 Å². The summed E-state index contributed by atoms with van der Waals surface area (Å²) in [6, 6.07) is 0. The van der Waals surface area contributed by atoms with Crippen LogP contribution in [-0.2, 0) is 0 Å². The summed E-state index contributed by atoms with van der Waals surface area (Å²) in [5.74, 6) is 0.210. The molecule has 0 heterocycles. The van der Waals surface area contributed by atoms with Crippen molar-refractivity contribution in [2.24, 2.45) is 16.7 Å². The molecule has 4 heteroatoms. The van der Waals surface area contributed by atoms with E-state index in [1.807, 2.05) is 27.7 Å². The summed E-state index contributed by atoms with van der Waals surface area (Å²) >= 11 is 0. The van der Waals surface area contributed by atoms with Gasteiger partial charge in [-0.2, -0.15) is 0 Å². The third kappa shape index (κ3) is 8.55. The molecule has 106 valence electrons. The average molecular weight is 250 g/mol. The summed E-state index contributed by atoms with van der Waals surface area (Å²) in [6.07, 6.45) is -0.419. The molecule has 0 saturated carbocycles. The Morgan fingerprint density at radius 2 is 1.18 bits per heavy atom. The van der Waals surface area contributed by atoms with E-state index in [4.69, 9.17) is 15.3 Å². The van der Waals surface area contributed by atoms with Crippen LogP contribution in [0, 0.1) is 16.7 Å². The SMILES string of the molecule is CC(C)(CO)CO.CC(C)C(O)C(C)(C)CO. The van der Waals surface area contributed by atoms with Crippen LogP contribution in [0.4, 0.5) is 0 Å². The van der Waals surface area contributed by atoms with Gasteiger partial charge in [0.25, 0.3) is 0 Å². The maximum atomic E-state index is 9.49. The van der Waals surface area contributed by atoms with E-state index >= 15 is 0 Å². The van der Waals surface area contributed by atoms with E-state index in [0.29, 0.717) is 0 Å². The second kappa shape index (κ2) is 8.03. The van der Waals surface area contributed by atoms with E-state index in [9.17, 15) is 5.11 Å². The Kier molecular flexibility index (Phi) is 9.06. The summed E-state index contributed by atoms with van der Waals surface area (Å²) in [5, 5.41) is 35.2. The zero-order valence-corrected chi connectivity index (χ0v) is 12.1. The third-order valence-electron chi connectivity index (χ3n) is 2.70. The largest absolute Gasteiger partial charge is 0.396 e. The molecular weight excluding hydrogens is 220 g/mol. The Bertz CT molecular complexity index is 182. The zero-order chi connectivity index (χ0) is 14.3. The fraction of sp³-hybridized carbons (Fsp3) is 1.00. The monoisotopic (exact) mass is 250 g/mol. The molecule has 0 fully saturated rings. The molecule has 17 heavy (non-hydrogen) atoms. The molecule has 0 rings (SSSR count). The van der Waals surface area contributed by atoms with Crippen molar-refractivity contribution in [1.29, 1.82) is 0 Å². The van der Waals surface area contributed by atoms with Crippen molar-refractivity contribution in [3.05, 3.63) is 0 Å². The first-order valence-corrected chi connectivity index (χ1v) is 6.04. The van der Waals surface area contributed by atoms with E-state index in [1.54, 1.807) is 13.8 Å². The highest BCUT2D eigenvalue weighted by Gasteiger charge is 2.28. The maximum Gasteiger partial charge on any atom is 0.0635 e. The van der Waals surface area contributed by atoms with Crippen molar-refractivity contribution in [1.82, 2.24) is 0 Å². The molecule has 1 unspecified atom stereocenters. The van der Waals surface area contributed by atoms with Gasteiger partial charge >= 0.3 is 0 Å². The second-order valence-electron chi connectivity index (χ2n) is 6.32. The average Bonchev–Trinajstić information content (AvgIpc) is 2.28. The van der Waals surface area contributed by atoms with Gasteiger partial charge in [-0.25, -0.2) is 0 Å². The van der Waals surface area contributed by atoms with E-state index in [-0.39, 0.29) is 36.6 Å². The quantitative estimate of drug-likeness (QED) is 0.587. The molecular formula is C13H30O4. The molecule has 0 aliphatic heterocycles. The van der Waals surface area contributed by atoms with Crippen molar-refractivity contribution in [2.45, 2.75) is 47.6 Å². The summed E-state index contributed by atoms with van der Waals surface area (Å²) in [6.45, 7) is 11.3. The lowest BCUT2D eigenvalue weighted by molar-refractivity contribution is -0.0204. The van der Waals surface area contributed by atoms with Gasteiger partial charge < -0.3 is 20.4 Å². The molecule has 0 saturated heterocycles. The van der Waals surface area contributed by atoms with E-state index in [2.05, 4.69) is 0 Å². The van der Waals surface area contributed by atoms with Crippen LogP contribution in [0.3, 0.4) is 0 Å². The Morgan fingerprint density at radius 1 is 0.824 bits per heavy atom. The normalized spacial score (nSPS) is 14.3. The molecule has 1 atom stereocenters. The van der Waals surface area contributed by atoms with Gasteiger partial charge in [-0.15, -0.1) is 0 Å². The van der Waals surface area contributed by atoms with Crippen LogP contribution in [-0.4, -0.2) is 46.4 Å². The van der Waals surface area contributed by atoms with Gasteiger partial charge in [0.1, 0.15) is 0 Å². The fourth-order valence-corrected chi connectivity index (χ4v) is 1.05. The first-order chi connectivity index (χ1) is 7.54. The first kappa shape index (κ1) is 19.2. The van der Waals surface area contributed by atoms with Crippen LogP contribution in [0.15, 0.2) is 0 Å². The number of rotatable bonds is 5. The van der Waals surface area contributed by atoms with Crippen LogP contribution in [0.1, 0.15) is 41.5 Å². The Balaban J connectivity index is 0. The number of aliphatic hydroxyl groups excluding tert-OH is 4. The second-order valence-corrected chi connectivity index (χ2v) is 6.32. The van der Waals surface area contributed by atoms with Crippen molar-refractivity contribution >= 4 is 0 Å². The minimum atomic E-state index is -0.419. The predicted octanol–water partition coefficient (Wildman–Crippen LogP) is 1.02. The van der Waals surface area contributed by atoms with Gasteiger partial charge in [0, 0.05) is 10.8 Å². The van der Waals surface area contributed by atoms with Crippen LogP contribution in [0.5, 0.6) is 0 Å². The van der Waals surface area contributed by atoms with Gasteiger partial charge in [-0.3, -0.25) is 0 Å². The van der Waals surface area contributed by atoms with Crippen LogP contribution in [0.25, 0.3) is 0 Å². The summed E-state index contributed by atoms with van der Waals surface area (Å²) < 4.78 is 0. The molecule has 0 aliphatic rings. The van der Waals surface area contributed by atoms with Gasteiger partial charge in [0.15, 0.2) is 0 Å². The van der Waals surface area contributed by atoms with Gasteiger partial charge in [0.2, 0.25) is 0 Å². The van der Waals surface area contributed by atoms with Gasteiger partial charge in [-0.05, 0) is 5.92 Å². The Hall–Kier alpha value is -0.160. The van der Waals surface area contributed by atoms with Crippen LogP contribution >= 0.6 is 0 Å². The molecule has 0 aromatic carbocycles. The number of aliphatic hydroxyl groups is 4. The Morgan fingerprint density at radius 3 is 1.24 bits per heavy atom. The fourth-order valence-electron chi connectivity index (χ4n) is 1.05. The third-order valence-corrected chi connectivity index (χ3v) is 2.70. The van der Waals surface area contributed by atoms with E-state index in [1.165, 1.54) is 0 Å². The first-order valence-electron chi connectivity index (χ1n) is 6.04. The molecule has 0 aromatic rings. The summed E-state index contributed by atoms with van der Waals surface area (Å²) in [4.78, 5) is 0. The molecule has 0 aliphatic carbocycles. The van der Waals surface area contributed by atoms with Crippen molar-refractivity contribution in [3.63, 3.8) is 0 Å². The molecule has 0 aromatic heterocycles. The van der Waals surface area contributed by atoms with Crippen molar-refractivity contribution < 1.29 is 20.4 Å². The highest BCUT2D eigenvalue weighted by molar-refractivity contribution is 4.78. The maximum absolute atomic E-state index is 9.49. The van der Waals surface area contributed by atoms with Gasteiger partial charge in [0.05, 0.1) is 25.9 Å². The number of hydrogen-bond donors (Lipinski definition) is 4. The smallest absolute Gasteiger partial charge is 0.0635 e. The lowest BCUT2D eigenvalue weighted by Crippen LogP contribution is -2.36. The minimum Gasteiger partial charge on any atom is -0.396 e. The molecule has 0 spiro atoms. The minimum absolute atomic E-state index is 0.0341. The molecule has 4 nitrogen and oxygen atoms in total. The Labute approximate surface area is 105 Å². The molecule has 0 bridgehead atoms. The zero-order valence-electron chi connectivity index (χ0n) is 12.1. The molecule has 0 radical (unpaired) electrons. The predicted molar refractivity (Wildman–Crippen MR) is 69.7 cm³/mol. The molecule has 0 amide bonds. The highest BCUT2D eigenvalue weighted by Crippen LogP contribution is 2.24. The standard InChI is InChI=1S/C8H18O2.C5H12O2/c1-6(2)7(10)8(3,4)5-9;1-5(2,3-6)4-7/h6-7,9-10H,5H2,1-4H3;6-7H,3-4H2,1-2H3. The number of hydrogen-bond acceptors (Lipinski definition) is 4. The lowest BCUT2D eigenvalue weighted by atomic mass is 9.82. The topological polar surface area (TPSA) is 80.9 Å². The molecule has 4 N–H and O–H groups in total. The highest BCUT2D eigenvalue weighted by atomic mass is 16.3. The van der Waals surface area contributed by atoms with Crippen molar-refractivity contribution in [2.75, 3.05) is 19.8 Å². The van der Waals surface area contributed by atoms with E-state index in [0.717, 1.165) is 0 Å². The summed E-state index contributed by atoms with van der Waals surface area (Å²) in [5.41, 5.74) is -0.672. The van der Waals surface area contributed by atoms with Crippen LogP contribution < -0.4 is 0 Å². The van der Waals surface area contributed by atoms with Crippen LogP contribution in [0.2, 0.25) is 0 Å². The summed E-state index contributed by atoms with van der Waals surface area (Å²) in [7, 11) is 0. The van der Waals surface area contributed by atoms with Gasteiger partial charge in [-0.1, -0.05) is 41.5 Å².